The third-order valence-corrected chi connectivity index (χ3v) is 5.09. The summed E-state index contributed by atoms with van der Waals surface area (Å²) in [4.78, 5) is 12.1. The van der Waals surface area contributed by atoms with Crippen molar-refractivity contribution in [3.63, 3.8) is 0 Å². The molecule has 0 saturated carbocycles. The van der Waals surface area contributed by atoms with Crippen molar-refractivity contribution in [2.24, 2.45) is 0 Å². The first-order valence-electron chi connectivity index (χ1n) is 6.51. The molecule has 0 saturated heterocycles. The molecule has 8 heteroatoms. The van der Waals surface area contributed by atoms with Crippen LogP contribution in [0.3, 0.4) is 0 Å². The van der Waals surface area contributed by atoms with E-state index in [4.69, 9.17) is 11.6 Å². The zero-order chi connectivity index (χ0) is 17.2. The first-order chi connectivity index (χ1) is 10.7. The Labute approximate surface area is 138 Å². The standard InChI is InChI=1S/C15H14ClFN2O3S/c1-19(2)23(21,22)12-5-3-4-11(9-12)18-15(20)13-7-6-10(16)8-14(13)17/h3-9H,1-2H3,(H,18,20). The number of anilines is 1. The highest BCUT2D eigenvalue weighted by atomic mass is 35.5. The third kappa shape index (κ3) is 3.87. The Morgan fingerprint density at radius 3 is 2.48 bits per heavy atom. The van der Waals surface area contributed by atoms with Crippen LogP contribution in [0.15, 0.2) is 47.4 Å². The van der Waals surface area contributed by atoms with Crippen LogP contribution < -0.4 is 5.32 Å². The lowest BCUT2D eigenvalue weighted by molar-refractivity contribution is 0.102. The van der Waals surface area contributed by atoms with Crippen molar-refractivity contribution in [2.75, 3.05) is 19.4 Å². The molecule has 0 aromatic heterocycles. The number of amides is 1. The third-order valence-electron chi connectivity index (χ3n) is 3.05. The predicted octanol–water partition coefficient (Wildman–Crippen LogP) is 2.98. The molecule has 122 valence electrons. The van der Waals surface area contributed by atoms with Gasteiger partial charge in [-0.1, -0.05) is 17.7 Å². The average Bonchev–Trinajstić information content (AvgIpc) is 2.47. The number of carbonyl (C=O) groups is 1. The molecular formula is C15H14ClFN2O3S. The number of halogens is 2. The molecule has 0 fully saturated rings. The van der Waals surface area contributed by atoms with Gasteiger partial charge >= 0.3 is 0 Å². The number of nitrogens with zero attached hydrogens (tertiary/aromatic N) is 1. The molecule has 0 bridgehead atoms. The molecule has 0 unspecified atom stereocenters. The lowest BCUT2D eigenvalue weighted by Gasteiger charge is -2.13. The highest BCUT2D eigenvalue weighted by molar-refractivity contribution is 7.89. The van der Waals surface area contributed by atoms with Gasteiger partial charge in [0.15, 0.2) is 0 Å². The summed E-state index contributed by atoms with van der Waals surface area (Å²) < 4.78 is 38.9. The SMILES string of the molecule is CN(C)S(=O)(=O)c1cccc(NC(=O)c2ccc(Cl)cc2F)c1. The lowest BCUT2D eigenvalue weighted by atomic mass is 10.2. The van der Waals surface area contributed by atoms with E-state index in [1.807, 2.05) is 0 Å². The molecule has 0 aliphatic heterocycles. The first-order valence-corrected chi connectivity index (χ1v) is 8.32. The van der Waals surface area contributed by atoms with E-state index in [1.165, 1.54) is 50.5 Å². The molecule has 0 radical (unpaired) electrons. The maximum atomic E-state index is 13.7. The topological polar surface area (TPSA) is 66.5 Å². The maximum Gasteiger partial charge on any atom is 0.258 e. The number of rotatable bonds is 4. The number of carbonyl (C=O) groups excluding carboxylic acids is 1. The second-order valence-corrected chi connectivity index (χ2v) is 7.48. The van der Waals surface area contributed by atoms with Crippen LogP contribution in [0, 0.1) is 5.82 Å². The number of nitrogens with one attached hydrogen (secondary N) is 1. The van der Waals surface area contributed by atoms with E-state index in [1.54, 1.807) is 0 Å². The summed E-state index contributed by atoms with van der Waals surface area (Å²) >= 11 is 5.64. The molecule has 2 aromatic rings. The van der Waals surface area contributed by atoms with Crippen molar-refractivity contribution in [1.82, 2.24) is 4.31 Å². The smallest absolute Gasteiger partial charge is 0.258 e. The van der Waals surface area contributed by atoms with Crippen molar-refractivity contribution in [2.45, 2.75) is 4.90 Å². The molecule has 0 aliphatic rings. The molecular weight excluding hydrogens is 343 g/mol. The predicted molar refractivity (Wildman–Crippen MR) is 86.7 cm³/mol. The molecule has 1 N–H and O–H groups in total. The minimum Gasteiger partial charge on any atom is -0.322 e. The van der Waals surface area contributed by atoms with E-state index in [0.29, 0.717) is 0 Å². The Bertz CT molecular complexity index is 854. The van der Waals surface area contributed by atoms with Crippen LogP contribution in [0.1, 0.15) is 10.4 Å². The van der Waals surface area contributed by atoms with Crippen LogP contribution in [0.5, 0.6) is 0 Å². The van der Waals surface area contributed by atoms with Gasteiger partial charge in [0.25, 0.3) is 5.91 Å². The van der Waals surface area contributed by atoms with E-state index in [-0.39, 0.29) is 21.2 Å². The van der Waals surface area contributed by atoms with Gasteiger partial charge in [-0.15, -0.1) is 0 Å². The van der Waals surface area contributed by atoms with E-state index >= 15 is 0 Å². The van der Waals surface area contributed by atoms with Crippen LogP contribution in [-0.4, -0.2) is 32.7 Å². The van der Waals surface area contributed by atoms with Gasteiger partial charge in [0.2, 0.25) is 10.0 Å². The normalized spacial score (nSPS) is 11.5. The number of benzene rings is 2. The summed E-state index contributed by atoms with van der Waals surface area (Å²) in [7, 11) is -0.810. The van der Waals surface area contributed by atoms with E-state index in [0.717, 1.165) is 10.4 Å². The Hall–Kier alpha value is -1.96. The fourth-order valence-corrected chi connectivity index (χ4v) is 2.92. The van der Waals surface area contributed by atoms with E-state index < -0.39 is 21.7 Å². The zero-order valence-corrected chi connectivity index (χ0v) is 14.0. The van der Waals surface area contributed by atoms with Gasteiger partial charge in [-0.05, 0) is 36.4 Å². The summed E-state index contributed by atoms with van der Waals surface area (Å²) in [6.07, 6.45) is 0. The van der Waals surface area contributed by atoms with Gasteiger partial charge in [-0.2, -0.15) is 0 Å². The number of hydrogen-bond donors (Lipinski definition) is 1. The quantitative estimate of drug-likeness (QED) is 0.915. The Kier molecular flexibility index (Phi) is 5.03. The summed E-state index contributed by atoms with van der Waals surface area (Å²) in [5, 5.41) is 2.64. The molecule has 23 heavy (non-hydrogen) atoms. The molecule has 1 amide bonds. The summed E-state index contributed by atoms with van der Waals surface area (Å²) in [6.45, 7) is 0. The van der Waals surface area contributed by atoms with Crippen LogP contribution in [-0.2, 0) is 10.0 Å². The second kappa shape index (κ2) is 6.66. The van der Waals surface area contributed by atoms with Crippen LogP contribution in [0.2, 0.25) is 5.02 Å². The van der Waals surface area contributed by atoms with E-state index in [9.17, 15) is 17.6 Å². The van der Waals surface area contributed by atoms with Gasteiger partial charge in [-0.25, -0.2) is 17.1 Å². The Morgan fingerprint density at radius 1 is 1.17 bits per heavy atom. The lowest BCUT2D eigenvalue weighted by Crippen LogP contribution is -2.22. The fraction of sp³-hybridized carbons (Fsp3) is 0.133. The summed E-state index contributed by atoms with van der Waals surface area (Å²) in [5.41, 5.74) is 0.0579. The maximum absolute atomic E-state index is 13.7. The molecule has 0 atom stereocenters. The molecule has 0 heterocycles. The van der Waals surface area contributed by atoms with Crippen LogP contribution in [0.25, 0.3) is 0 Å². The Balaban J connectivity index is 2.29. The van der Waals surface area contributed by atoms with Gasteiger partial charge in [0.05, 0.1) is 10.5 Å². The van der Waals surface area contributed by atoms with Crippen molar-refractivity contribution in [3.05, 3.63) is 58.9 Å². The van der Waals surface area contributed by atoms with Crippen molar-refractivity contribution >= 4 is 33.2 Å². The van der Waals surface area contributed by atoms with Gasteiger partial charge in [-0.3, -0.25) is 4.79 Å². The fourth-order valence-electron chi connectivity index (χ4n) is 1.82. The minimum atomic E-state index is -3.62. The van der Waals surface area contributed by atoms with Crippen molar-refractivity contribution < 1.29 is 17.6 Å². The van der Waals surface area contributed by atoms with Gasteiger partial charge < -0.3 is 5.32 Å². The second-order valence-electron chi connectivity index (χ2n) is 4.89. The number of hydrogen-bond acceptors (Lipinski definition) is 3. The largest absolute Gasteiger partial charge is 0.322 e. The van der Waals surface area contributed by atoms with Gasteiger partial charge in [0, 0.05) is 24.8 Å². The zero-order valence-electron chi connectivity index (χ0n) is 12.4. The van der Waals surface area contributed by atoms with Crippen molar-refractivity contribution in [1.29, 1.82) is 0 Å². The molecule has 0 spiro atoms. The molecule has 0 aliphatic carbocycles. The van der Waals surface area contributed by atoms with Crippen LogP contribution in [0.4, 0.5) is 10.1 Å². The van der Waals surface area contributed by atoms with Crippen molar-refractivity contribution in [3.8, 4) is 0 Å². The molecule has 2 rings (SSSR count). The summed E-state index contributed by atoms with van der Waals surface area (Å²) in [5.74, 6) is -1.45. The molecule has 2 aromatic carbocycles. The Morgan fingerprint density at radius 2 is 1.87 bits per heavy atom. The van der Waals surface area contributed by atoms with Gasteiger partial charge in [0.1, 0.15) is 5.82 Å². The van der Waals surface area contributed by atoms with Crippen LogP contribution >= 0.6 is 11.6 Å². The molecule has 5 nitrogen and oxygen atoms in total. The highest BCUT2D eigenvalue weighted by Crippen LogP contribution is 2.20. The average molecular weight is 357 g/mol. The first kappa shape index (κ1) is 17.4. The monoisotopic (exact) mass is 356 g/mol. The number of sulfonamides is 1. The minimum absolute atomic E-state index is 0.0249. The van der Waals surface area contributed by atoms with E-state index in [2.05, 4.69) is 5.32 Å². The highest BCUT2D eigenvalue weighted by Gasteiger charge is 2.18. The summed E-state index contributed by atoms with van der Waals surface area (Å²) in [6, 6.07) is 9.41.